The summed E-state index contributed by atoms with van der Waals surface area (Å²) in [5.74, 6) is -0.590. The molecule has 35 heavy (non-hydrogen) atoms. The van der Waals surface area contributed by atoms with Gasteiger partial charge >= 0.3 is 11.9 Å². The zero-order valence-corrected chi connectivity index (χ0v) is 23.5. The van der Waals surface area contributed by atoms with Gasteiger partial charge in [-0.1, -0.05) is 55.4 Å². The lowest BCUT2D eigenvalue weighted by atomic mass is 9.67. The van der Waals surface area contributed by atoms with Gasteiger partial charge in [0.1, 0.15) is 6.29 Å². The fourth-order valence-corrected chi connectivity index (χ4v) is 5.71. The average Bonchev–Trinajstić information content (AvgIpc) is 3.50. The molecule has 2 aliphatic rings. The molecule has 2 rings (SSSR count). The summed E-state index contributed by atoms with van der Waals surface area (Å²) in [6.07, 6.45) is 2.91. The molecule has 8 heteroatoms. The number of carbonyl (C=O) groups excluding carboxylic acids is 4. The quantitative estimate of drug-likeness (QED) is 0.280. The van der Waals surface area contributed by atoms with Crippen molar-refractivity contribution in [1.29, 1.82) is 0 Å². The molecule has 0 aromatic carbocycles. The highest BCUT2D eigenvalue weighted by Gasteiger charge is 2.58. The molecule has 0 spiro atoms. The van der Waals surface area contributed by atoms with Crippen LogP contribution in [0, 0.1) is 21.7 Å². The maximum Gasteiger partial charge on any atom is 0.351 e. The second kappa shape index (κ2) is 9.16. The van der Waals surface area contributed by atoms with E-state index in [1.165, 1.54) is 0 Å². The van der Waals surface area contributed by atoms with Crippen molar-refractivity contribution < 1.29 is 28.7 Å². The Balaban J connectivity index is 2.20. The molecule has 2 saturated heterocycles. The molecule has 0 aliphatic carbocycles. The second-order valence-electron chi connectivity index (χ2n) is 13.8. The molecule has 0 saturated carbocycles. The molecule has 2 fully saturated rings. The molecule has 1 amide bonds. The van der Waals surface area contributed by atoms with Gasteiger partial charge in [-0.2, -0.15) is 0 Å². The molecule has 4 unspecified atom stereocenters. The van der Waals surface area contributed by atoms with Crippen LogP contribution in [0.3, 0.4) is 0 Å². The highest BCUT2D eigenvalue weighted by atomic mass is 16.7. The Labute approximate surface area is 210 Å². The number of cyclic esters (lactones) is 2. The first kappa shape index (κ1) is 29.3. The van der Waals surface area contributed by atoms with Crippen molar-refractivity contribution in [2.75, 3.05) is 7.05 Å². The van der Waals surface area contributed by atoms with Crippen LogP contribution in [0.15, 0.2) is 0 Å². The third-order valence-electron chi connectivity index (χ3n) is 7.89. The minimum atomic E-state index is -0.909. The van der Waals surface area contributed by atoms with Crippen molar-refractivity contribution in [2.45, 2.75) is 118 Å². The monoisotopic (exact) mass is 494 g/mol. The number of epoxide rings is 2. The molecule has 2 N–H and O–H groups in total. The molecule has 4 atom stereocenters. The van der Waals surface area contributed by atoms with Crippen LogP contribution < -0.4 is 10.6 Å². The number of nitrogens with one attached hydrogen (secondary N) is 2. The van der Waals surface area contributed by atoms with Crippen molar-refractivity contribution in [3.63, 3.8) is 0 Å². The van der Waals surface area contributed by atoms with Crippen LogP contribution in [0.1, 0.15) is 94.9 Å². The SMILES string of the molecule is CNC(CC1(C)OC1=O)C(C)(C)CC(C)(C)C(=O)NC(CC1(C)OC1=O)C(C)(C)CC(C)(C)C=O. The predicted octanol–water partition coefficient (Wildman–Crippen LogP) is 3.55. The maximum atomic E-state index is 13.7. The molecule has 8 nitrogen and oxygen atoms in total. The first-order valence-electron chi connectivity index (χ1n) is 12.5. The standard InChI is InChI=1S/C27H46N2O6/c1-22(2,16-30)14-23(3,4)18(13-27(10)21(33)35-27)29-19(31)25(7,8)15-24(5,6)17(28-11)12-26(9)20(32)34-26/h16-18,28H,12-15H2,1-11H3,(H,29,31). The van der Waals surface area contributed by atoms with E-state index in [0.29, 0.717) is 25.7 Å². The van der Waals surface area contributed by atoms with E-state index in [4.69, 9.17) is 9.47 Å². The van der Waals surface area contributed by atoms with Gasteiger partial charge in [-0.3, -0.25) is 4.79 Å². The molecular weight excluding hydrogens is 448 g/mol. The maximum absolute atomic E-state index is 13.7. The molecule has 0 bridgehead atoms. The summed E-state index contributed by atoms with van der Waals surface area (Å²) in [5.41, 5.74) is -3.77. The van der Waals surface area contributed by atoms with E-state index in [1.807, 2.05) is 48.6 Å². The highest BCUT2D eigenvalue weighted by molar-refractivity contribution is 5.93. The van der Waals surface area contributed by atoms with Crippen molar-refractivity contribution in [3.8, 4) is 0 Å². The number of hydrogen-bond donors (Lipinski definition) is 2. The Kier molecular flexibility index (Phi) is 7.66. The number of hydrogen-bond acceptors (Lipinski definition) is 7. The Morgan fingerprint density at radius 1 is 0.857 bits per heavy atom. The van der Waals surface area contributed by atoms with E-state index in [2.05, 4.69) is 24.5 Å². The number of amides is 1. The van der Waals surface area contributed by atoms with Gasteiger partial charge < -0.3 is 24.9 Å². The van der Waals surface area contributed by atoms with Crippen molar-refractivity contribution >= 4 is 24.1 Å². The van der Waals surface area contributed by atoms with Gasteiger partial charge in [0.15, 0.2) is 0 Å². The minimum Gasteiger partial charge on any atom is -0.444 e. The number of rotatable bonds is 14. The first-order valence-corrected chi connectivity index (χ1v) is 12.5. The van der Waals surface area contributed by atoms with Crippen molar-refractivity contribution in [1.82, 2.24) is 10.6 Å². The lowest BCUT2D eigenvalue weighted by Crippen LogP contribution is -2.54. The van der Waals surface area contributed by atoms with Crippen molar-refractivity contribution in [2.24, 2.45) is 21.7 Å². The number of aldehydes is 1. The summed E-state index contributed by atoms with van der Waals surface area (Å²) in [4.78, 5) is 48.9. The number of carbonyl (C=O) groups is 4. The van der Waals surface area contributed by atoms with Gasteiger partial charge in [0.25, 0.3) is 0 Å². The molecule has 0 aromatic heterocycles. The second-order valence-corrected chi connectivity index (χ2v) is 13.8. The van der Waals surface area contributed by atoms with Gasteiger partial charge in [0.2, 0.25) is 17.1 Å². The average molecular weight is 495 g/mol. The summed E-state index contributed by atoms with van der Waals surface area (Å²) in [7, 11) is 1.86. The Morgan fingerprint density at radius 2 is 1.26 bits per heavy atom. The number of ether oxygens (including phenoxy) is 2. The fraction of sp³-hybridized carbons (Fsp3) is 0.852. The van der Waals surface area contributed by atoms with Crippen molar-refractivity contribution in [3.05, 3.63) is 0 Å². The summed E-state index contributed by atoms with van der Waals surface area (Å²) >= 11 is 0. The summed E-state index contributed by atoms with van der Waals surface area (Å²) in [5, 5.41) is 6.53. The zero-order chi connectivity index (χ0) is 27.3. The first-order chi connectivity index (χ1) is 15.6. The van der Waals surface area contributed by atoms with E-state index in [1.54, 1.807) is 13.8 Å². The van der Waals surface area contributed by atoms with Gasteiger partial charge in [0.05, 0.1) is 0 Å². The summed E-state index contributed by atoms with van der Waals surface area (Å²) < 4.78 is 10.4. The van der Waals surface area contributed by atoms with Gasteiger partial charge in [-0.15, -0.1) is 0 Å². The van der Waals surface area contributed by atoms with Crippen LogP contribution >= 0.6 is 0 Å². The van der Waals surface area contributed by atoms with Gasteiger partial charge in [0, 0.05) is 35.8 Å². The van der Waals surface area contributed by atoms with E-state index in [-0.39, 0.29) is 35.3 Å². The molecule has 0 aromatic rings. The molecule has 200 valence electrons. The topological polar surface area (TPSA) is 117 Å². The van der Waals surface area contributed by atoms with E-state index in [9.17, 15) is 19.2 Å². The van der Waals surface area contributed by atoms with Crippen LogP contribution in [-0.4, -0.2) is 54.5 Å². The van der Waals surface area contributed by atoms with Crippen LogP contribution in [0.5, 0.6) is 0 Å². The van der Waals surface area contributed by atoms with Gasteiger partial charge in [-0.25, -0.2) is 9.59 Å². The van der Waals surface area contributed by atoms with Gasteiger partial charge in [-0.05, 0) is 44.6 Å². The Bertz CT molecular complexity index is 877. The highest BCUT2D eigenvalue weighted by Crippen LogP contribution is 2.45. The summed E-state index contributed by atoms with van der Waals surface area (Å²) in [6.45, 7) is 19.3. The van der Waals surface area contributed by atoms with E-state index >= 15 is 0 Å². The zero-order valence-electron chi connectivity index (χ0n) is 23.5. The molecule has 0 radical (unpaired) electrons. The lowest BCUT2D eigenvalue weighted by Gasteiger charge is -2.43. The van der Waals surface area contributed by atoms with Crippen LogP contribution in [0.4, 0.5) is 0 Å². The van der Waals surface area contributed by atoms with E-state index < -0.39 is 27.4 Å². The molecule has 2 heterocycles. The van der Waals surface area contributed by atoms with Crippen LogP contribution in [0.25, 0.3) is 0 Å². The largest absolute Gasteiger partial charge is 0.444 e. The Hall–Kier alpha value is -1.96. The van der Waals surface area contributed by atoms with E-state index in [0.717, 1.165) is 6.29 Å². The third kappa shape index (κ3) is 6.83. The predicted molar refractivity (Wildman–Crippen MR) is 133 cm³/mol. The Morgan fingerprint density at radius 3 is 1.63 bits per heavy atom. The third-order valence-corrected chi connectivity index (χ3v) is 7.89. The lowest BCUT2D eigenvalue weighted by molar-refractivity contribution is -0.133. The minimum absolute atomic E-state index is 0.0388. The van der Waals surface area contributed by atoms with Crippen LogP contribution in [-0.2, 0) is 28.7 Å². The van der Waals surface area contributed by atoms with Crippen LogP contribution in [0.2, 0.25) is 0 Å². The normalized spacial score (nSPS) is 26.4. The smallest absolute Gasteiger partial charge is 0.351 e. The summed E-state index contributed by atoms with van der Waals surface area (Å²) in [6, 6.07) is -0.410. The fourth-order valence-electron chi connectivity index (χ4n) is 5.71. The molecule has 2 aliphatic heterocycles. The molecular formula is C27H46N2O6.